The van der Waals surface area contributed by atoms with Gasteiger partial charge in [-0.2, -0.15) is 5.10 Å². The van der Waals surface area contributed by atoms with Crippen molar-refractivity contribution in [1.29, 1.82) is 0 Å². The number of hydrogen-bond acceptors (Lipinski definition) is 3. The van der Waals surface area contributed by atoms with Gasteiger partial charge >= 0.3 is 0 Å². The number of carbonyl (C=O) groups excluding carboxylic acids is 1. The average Bonchev–Trinajstić information content (AvgIpc) is 2.58. The van der Waals surface area contributed by atoms with Crippen molar-refractivity contribution in [1.82, 2.24) is 20.1 Å². The zero-order valence-electron chi connectivity index (χ0n) is 10.8. The van der Waals surface area contributed by atoms with Gasteiger partial charge in [0, 0.05) is 12.5 Å². The molecule has 1 aromatic heterocycles. The van der Waals surface area contributed by atoms with Crippen LogP contribution in [0.25, 0.3) is 0 Å². The van der Waals surface area contributed by atoms with Gasteiger partial charge in [0.2, 0.25) is 5.91 Å². The van der Waals surface area contributed by atoms with Crippen LogP contribution in [0.4, 0.5) is 0 Å². The first-order valence-electron chi connectivity index (χ1n) is 5.83. The third-order valence-corrected chi connectivity index (χ3v) is 2.63. The van der Waals surface area contributed by atoms with Gasteiger partial charge in [-0.05, 0) is 18.1 Å². The third-order valence-electron chi connectivity index (χ3n) is 2.31. The second-order valence-corrected chi connectivity index (χ2v) is 5.21. The molecule has 2 N–H and O–H groups in total. The summed E-state index contributed by atoms with van der Waals surface area (Å²) in [4.78, 5) is 11.7. The van der Waals surface area contributed by atoms with Crippen molar-refractivity contribution in [3.63, 3.8) is 0 Å². The molecule has 0 aliphatic heterocycles. The minimum Gasteiger partial charge on any atom is -0.354 e. The highest BCUT2D eigenvalue weighted by atomic mass is 32.1. The van der Waals surface area contributed by atoms with E-state index in [9.17, 15) is 4.79 Å². The maximum atomic E-state index is 11.7. The molecule has 0 spiro atoms. The maximum Gasteiger partial charge on any atom is 0.240 e. The summed E-state index contributed by atoms with van der Waals surface area (Å²) in [5.41, 5.74) is 0. The van der Waals surface area contributed by atoms with E-state index in [2.05, 4.69) is 29.4 Å². The Labute approximate surface area is 107 Å². The number of rotatable bonds is 5. The Morgan fingerprint density at radius 2 is 2.12 bits per heavy atom. The number of H-pyrrole nitrogens is 1. The fraction of sp³-hybridized carbons (Fsp3) is 0.727. The Morgan fingerprint density at radius 1 is 1.47 bits per heavy atom. The van der Waals surface area contributed by atoms with Crippen LogP contribution in [0.5, 0.6) is 0 Å². The molecule has 17 heavy (non-hydrogen) atoms. The van der Waals surface area contributed by atoms with Gasteiger partial charge in [0.05, 0.1) is 0 Å². The molecular weight excluding hydrogens is 236 g/mol. The van der Waals surface area contributed by atoms with Crippen molar-refractivity contribution in [3.8, 4) is 0 Å². The van der Waals surface area contributed by atoms with E-state index in [-0.39, 0.29) is 18.4 Å². The van der Waals surface area contributed by atoms with E-state index in [4.69, 9.17) is 12.2 Å². The quantitative estimate of drug-likeness (QED) is 0.790. The monoisotopic (exact) mass is 256 g/mol. The average molecular weight is 256 g/mol. The number of nitrogens with one attached hydrogen (secondary N) is 2. The number of aromatic nitrogens is 3. The predicted molar refractivity (Wildman–Crippen MR) is 69.3 cm³/mol. The molecule has 0 saturated carbocycles. The molecule has 0 fully saturated rings. The van der Waals surface area contributed by atoms with E-state index in [1.165, 1.54) is 0 Å². The number of hydrogen-bond donors (Lipinski definition) is 2. The molecule has 0 aliphatic rings. The van der Waals surface area contributed by atoms with Crippen molar-refractivity contribution in [2.75, 3.05) is 6.54 Å². The van der Waals surface area contributed by atoms with Crippen LogP contribution in [0.15, 0.2) is 0 Å². The van der Waals surface area contributed by atoms with Crippen LogP contribution in [0.2, 0.25) is 0 Å². The molecule has 0 radical (unpaired) electrons. The molecule has 1 aromatic rings. The van der Waals surface area contributed by atoms with E-state index in [0.717, 1.165) is 5.82 Å². The van der Waals surface area contributed by atoms with Gasteiger partial charge in [-0.1, -0.05) is 27.7 Å². The molecule has 0 bridgehead atoms. The summed E-state index contributed by atoms with van der Waals surface area (Å²) >= 11 is 5.11. The highest BCUT2D eigenvalue weighted by Gasteiger charge is 2.12. The lowest BCUT2D eigenvalue weighted by molar-refractivity contribution is -0.121. The normalized spacial score (nSPS) is 11.2. The first kappa shape index (κ1) is 13.9. The van der Waals surface area contributed by atoms with Gasteiger partial charge in [0.15, 0.2) is 4.77 Å². The Bertz CT molecular complexity index is 433. The van der Waals surface area contributed by atoms with E-state index < -0.39 is 0 Å². The lowest BCUT2D eigenvalue weighted by atomic mass is 10.2. The number of amides is 1. The van der Waals surface area contributed by atoms with E-state index in [1.54, 1.807) is 4.57 Å². The summed E-state index contributed by atoms with van der Waals surface area (Å²) in [6, 6.07) is 0. The molecular formula is C11H20N4OS. The fourth-order valence-electron chi connectivity index (χ4n) is 1.44. The summed E-state index contributed by atoms with van der Waals surface area (Å²) in [6.07, 6.45) is 0. The molecule has 96 valence electrons. The minimum atomic E-state index is -0.0295. The summed E-state index contributed by atoms with van der Waals surface area (Å²) in [5.74, 6) is 1.47. The van der Waals surface area contributed by atoms with Crippen molar-refractivity contribution in [2.45, 2.75) is 40.2 Å². The Balaban J connectivity index is 2.71. The van der Waals surface area contributed by atoms with Crippen LogP contribution < -0.4 is 5.32 Å². The summed E-state index contributed by atoms with van der Waals surface area (Å²) < 4.78 is 2.24. The maximum absolute atomic E-state index is 11.7. The highest BCUT2D eigenvalue weighted by molar-refractivity contribution is 7.71. The van der Waals surface area contributed by atoms with Crippen LogP contribution in [-0.2, 0) is 11.3 Å². The second kappa shape index (κ2) is 5.95. The van der Waals surface area contributed by atoms with Gasteiger partial charge in [-0.3, -0.25) is 14.5 Å². The van der Waals surface area contributed by atoms with Gasteiger partial charge in [0.25, 0.3) is 0 Å². The van der Waals surface area contributed by atoms with Gasteiger partial charge in [0.1, 0.15) is 12.4 Å². The zero-order valence-corrected chi connectivity index (χ0v) is 11.6. The van der Waals surface area contributed by atoms with Crippen molar-refractivity contribution in [2.24, 2.45) is 5.92 Å². The van der Waals surface area contributed by atoms with Crippen molar-refractivity contribution >= 4 is 18.1 Å². The number of carbonyl (C=O) groups is 1. The molecule has 0 aliphatic carbocycles. The number of aromatic amines is 1. The molecule has 0 saturated heterocycles. The Morgan fingerprint density at radius 3 is 2.65 bits per heavy atom. The predicted octanol–water partition coefficient (Wildman–Crippen LogP) is 1.84. The SMILES string of the molecule is CC(C)CNC(=O)Cn1c(C(C)C)n[nH]c1=S. The lowest BCUT2D eigenvalue weighted by Gasteiger charge is -2.10. The topological polar surface area (TPSA) is 62.7 Å². The molecule has 0 aromatic carbocycles. The number of nitrogens with zero attached hydrogens (tertiary/aromatic N) is 2. The van der Waals surface area contributed by atoms with E-state index in [0.29, 0.717) is 17.2 Å². The molecule has 1 amide bonds. The van der Waals surface area contributed by atoms with Crippen LogP contribution in [0, 0.1) is 10.7 Å². The molecule has 6 heteroatoms. The zero-order chi connectivity index (χ0) is 13.0. The Hall–Kier alpha value is -1.17. The first-order valence-corrected chi connectivity index (χ1v) is 6.24. The van der Waals surface area contributed by atoms with E-state index in [1.807, 2.05) is 13.8 Å². The van der Waals surface area contributed by atoms with Crippen LogP contribution >= 0.6 is 12.2 Å². The first-order chi connectivity index (χ1) is 7.91. The Kier molecular flexibility index (Phi) is 4.86. The summed E-state index contributed by atoms with van der Waals surface area (Å²) in [5, 5.41) is 9.72. The van der Waals surface area contributed by atoms with Crippen LogP contribution in [0.1, 0.15) is 39.4 Å². The largest absolute Gasteiger partial charge is 0.354 e. The smallest absolute Gasteiger partial charge is 0.240 e. The van der Waals surface area contributed by atoms with Crippen LogP contribution in [0.3, 0.4) is 0 Å². The molecule has 1 rings (SSSR count). The highest BCUT2D eigenvalue weighted by Crippen LogP contribution is 2.11. The summed E-state index contributed by atoms with van der Waals surface area (Å²) in [6.45, 7) is 9.07. The molecule has 0 atom stereocenters. The van der Waals surface area contributed by atoms with Crippen molar-refractivity contribution in [3.05, 3.63) is 10.6 Å². The molecule has 1 heterocycles. The van der Waals surface area contributed by atoms with Gasteiger partial charge < -0.3 is 5.32 Å². The molecule has 0 unspecified atom stereocenters. The van der Waals surface area contributed by atoms with Crippen molar-refractivity contribution < 1.29 is 4.79 Å². The van der Waals surface area contributed by atoms with E-state index >= 15 is 0 Å². The second-order valence-electron chi connectivity index (χ2n) is 4.83. The fourth-order valence-corrected chi connectivity index (χ4v) is 1.64. The lowest BCUT2D eigenvalue weighted by Crippen LogP contribution is -2.31. The summed E-state index contributed by atoms with van der Waals surface area (Å²) in [7, 11) is 0. The minimum absolute atomic E-state index is 0.0295. The standard InChI is InChI=1S/C11H20N4OS/c1-7(2)5-12-9(16)6-15-10(8(3)4)13-14-11(15)17/h7-8H,5-6H2,1-4H3,(H,12,16)(H,14,17). The van der Waals surface area contributed by atoms with Crippen LogP contribution in [-0.4, -0.2) is 27.2 Å². The van der Waals surface area contributed by atoms with Gasteiger partial charge in [-0.25, -0.2) is 0 Å². The van der Waals surface area contributed by atoms with Gasteiger partial charge in [-0.15, -0.1) is 0 Å². The third kappa shape index (κ3) is 3.96. The molecule has 5 nitrogen and oxygen atoms in total.